The van der Waals surface area contributed by atoms with Gasteiger partial charge in [-0.1, -0.05) is 6.92 Å². The lowest BCUT2D eigenvalue weighted by Crippen LogP contribution is -2.04. The Morgan fingerprint density at radius 1 is 1.50 bits per heavy atom. The molecule has 0 amide bonds. The zero-order valence-corrected chi connectivity index (χ0v) is 7.50. The van der Waals surface area contributed by atoms with Crippen LogP contribution in [-0.4, -0.2) is 12.1 Å². The Balaban J connectivity index is 3.02. The smallest absolute Gasteiger partial charge is 0.141 e. The van der Waals surface area contributed by atoms with Gasteiger partial charge in [0.05, 0.1) is 12.8 Å². The molecule has 0 saturated heterocycles. The summed E-state index contributed by atoms with van der Waals surface area (Å²) in [6.45, 7) is 2.49. The molecule has 0 fully saturated rings. The second-order valence-electron chi connectivity index (χ2n) is 2.51. The summed E-state index contributed by atoms with van der Waals surface area (Å²) >= 11 is 0. The fourth-order valence-electron chi connectivity index (χ4n) is 1.06. The maximum absolute atomic E-state index is 5.51. The Labute approximate surface area is 72.6 Å². The van der Waals surface area contributed by atoms with Crippen LogP contribution in [0.15, 0.2) is 12.1 Å². The Hall–Kier alpha value is -1.09. The van der Waals surface area contributed by atoms with E-state index in [0.717, 1.165) is 23.6 Å². The molecular weight excluding hydrogens is 152 g/mol. The van der Waals surface area contributed by atoms with Gasteiger partial charge in [0, 0.05) is 12.2 Å². The van der Waals surface area contributed by atoms with Crippen LogP contribution in [0.2, 0.25) is 0 Å². The number of ether oxygens (including phenoxy) is 1. The molecule has 66 valence electrons. The first-order valence-corrected chi connectivity index (χ1v) is 4.04. The first-order valence-electron chi connectivity index (χ1n) is 4.04. The van der Waals surface area contributed by atoms with Crippen LogP contribution in [0.1, 0.15) is 18.3 Å². The molecule has 0 aliphatic carbocycles. The molecular formula is C9H14N2O. The molecule has 2 N–H and O–H groups in total. The number of pyridine rings is 1. The third kappa shape index (κ3) is 1.74. The normalized spacial score (nSPS) is 9.92. The Morgan fingerprint density at radius 2 is 2.25 bits per heavy atom. The Bertz CT molecular complexity index is 261. The number of hydrogen-bond acceptors (Lipinski definition) is 3. The summed E-state index contributed by atoms with van der Waals surface area (Å²) in [5.41, 5.74) is 7.39. The van der Waals surface area contributed by atoms with Crippen LogP contribution in [0.25, 0.3) is 0 Å². The average Bonchev–Trinajstić information content (AvgIpc) is 2.16. The molecule has 12 heavy (non-hydrogen) atoms. The van der Waals surface area contributed by atoms with Gasteiger partial charge in [-0.15, -0.1) is 0 Å². The second-order valence-corrected chi connectivity index (χ2v) is 2.51. The monoisotopic (exact) mass is 166 g/mol. The van der Waals surface area contributed by atoms with Gasteiger partial charge in [0.2, 0.25) is 0 Å². The van der Waals surface area contributed by atoms with E-state index in [-0.39, 0.29) is 0 Å². The molecule has 0 radical (unpaired) electrons. The van der Waals surface area contributed by atoms with Crippen molar-refractivity contribution in [2.24, 2.45) is 5.73 Å². The van der Waals surface area contributed by atoms with E-state index in [0.29, 0.717) is 6.54 Å². The SMILES string of the molecule is CCc1ccc(OC)c(CN)n1. The number of aromatic nitrogens is 1. The highest BCUT2D eigenvalue weighted by Gasteiger charge is 2.02. The topological polar surface area (TPSA) is 48.1 Å². The van der Waals surface area contributed by atoms with Gasteiger partial charge in [0.25, 0.3) is 0 Å². The predicted molar refractivity (Wildman–Crippen MR) is 48.1 cm³/mol. The van der Waals surface area contributed by atoms with E-state index in [1.54, 1.807) is 7.11 Å². The highest BCUT2D eigenvalue weighted by molar-refractivity contribution is 5.29. The van der Waals surface area contributed by atoms with Crippen molar-refractivity contribution in [3.05, 3.63) is 23.5 Å². The molecule has 0 atom stereocenters. The standard InChI is InChI=1S/C9H14N2O/c1-3-7-4-5-9(12-2)8(6-10)11-7/h4-5H,3,6,10H2,1-2H3. The minimum absolute atomic E-state index is 0.428. The predicted octanol–water partition coefficient (Wildman–Crippen LogP) is 1.11. The van der Waals surface area contributed by atoms with E-state index >= 15 is 0 Å². The summed E-state index contributed by atoms with van der Waals surface area (Å²) in [5.74, 6) is 0.773. The highest BCUT2D eigenvalue weighted by atomic mass is 16.5. The van der Waals surface area contributed by atoms with Crippen molar-refractivity contribution in [2.75, 3.05) is 7.11 Å². The van der Waals surface area contributed by atoms with Gasteiger partial charge < -0.3 is 10.5 Å². The first-order chi connectivity index (χ1) is 5.81. The number of methoxy groups -OCH3 is 1. The molecule has 0 unspecified atom stereocenters. The van der Waals surface area contributed by atoms with Crippen LogP contribution in [0.5, 0.6) is 5.75 Å². The largest absolute Gasteiger partial charge is 0.495 e. The van der Waals surface area contributed by atoms with Gasteiger partial charge in [-0.2, -0.15) is 0 Å². The first kappa shape index (κ1) is 9.00. The highest BCUT2D eigenvalue weighted by Crippen LogP contribution is 2.15. The van der Waals surface area contributed by atoms with E-state index in [2.05, 4.69) is 11.9 Å². The van der Waals surface area contributed by atoms with E-state index in [9.17, 15) is 0 Å². The van der Waals surface area contributed by atoms with Crippen molar-refractivity contribution < 1.29 is 4.74 Å². The van der Waals surface area contributed by atoms with Crippen LogP contribution >= 0.6 is 0 Å². The van der Waals surface area contributed by atoms with Crippen LogP contribution < -0.4 is 10.5 Å². The van der Waals surface area contributed by atoms with Crippen LogP contribution in [0, 0.1) is 0 Å². The molecule has 1 aromatic heterocycles. The van der Waals surface area contributed by atoms with Gasteiger partial charge >= 0.3 is 0 Å². The zero-order chi connectivity index (χ0) is 8.97. The van der Waals surface area contributed by atoms with Gasteiger partial charge in [-0.05, 0) is 18.6 Å². The van der Waals surface area contributed by atoms with E-state index in [1.165, 1.54) is 0 Å². The molecule has 0 aromatic carbocycles. The molecule has 0 aliphatic rings. The van der Waals surface area contributed by atoms with Gasteiger partial charge in [0.15, 0.2) is 0 Å². The second kappa shape index (κ2) is 4.07. The van der Waals surface area contributed by atoms with Crippen molar-refractivity contribution in [3.8, 4) is 5.75 Å². The maximum atomic E-state index is 5.51. The van der Waals surface area contributed by atoms with E-state index in [1.807, 2.05) is 12.1 Å². The van der Waals surface area contributed by atoms with Crippen LogP contribution in [0.3, 0.4) is 0 Å². The van der Waals surface area contributed by atoms with Gasteiger partial charge in [0.1, 0.15) is 5.75 Å². The van der Waals surface area contributed by atoms with Crippen molar-refractivity contribution in [1.82, 2.24) is 4.98 Å². The molecule has 0 aliphatic heterocycles. The lowest BCUT2D eigenvalue weighted by molar-refractivity contribution is 0.406. The maximum Gasteiger partial charge on any atom is 0.141 e. The quantitative estimate of drug-likeness (QED) is 0.731. The average molecular weight is 166 g/mol. The number of nitrogens with zero attached hydrogens (tertiary/aromatic N) is 1. The Morgan fingerprint density at radius 3 is 2.75 bits per heavy atom. The molecule has 1 heterocycles. The van der Waals surface area contributed by atoms with Gasteiger partial charge in [-0.25, -0.2) is 0 Å². The zero-order valence-electron chi connectivity index (χ0n) is 7.50. The van der Waals surface area contributed by atoms with Crippen molar-refractivity contribution in [2.45, 2.75) is 19.9 Å². The van der Waals surface area contributed by atoms with Crippen molar-refractivity contribution in [3.63, 3.8) is 0 Å². The van der Waals surface area contributed by atoms with Crippen molar-refractivity contribution >= 4 is 0 Å². The molecule has 3 heteroatoms. The molecule has 0 saturated carbocycles. The van der Waals surface area contributed by atoms with Crippen LogP contribution in [0.4, 0.5) is 0 Å². The summed E-state index contributed by atoms with van der Waals surface area (Å²) in [5, 5.41) is 0. The lowest BCUT2D eigenvalue weighted by Gasteiger charge is -2.06. The minimum atomic E-state index is 0.428. The van der Waals surface area contributed by atoms with Crippen LogP contribution in [-0.2, 0) is 13.0 Å². The Kier molecular flexibility index (Phi) is 3.05. The van der Waals surface area contributed by atoms with E-state index in [4.69, 9.17) is 10.5 Å². The molecule has 1 rings (SSSR count). The van der Waals surface area contributed by atoms with E-state index < -0.39 is 0 Å². The molecule has 1 aromatic rings. The summed E-state index contributed by atoms with van der Waals surface area (Å²) < 4.78 is 5.09. The fourth-order valence-corrected chi connectivity index (χ4v) is 1.06. The summed E-state index contributed by atoms with van der Waals surface area (Å²) in [7, 11) is 1.63. The van der Waals surface area contributed by atoms with Gasteiger partial charge in [-0.3, -0.25) is 4.98 Å². The number of aryl methyl sites for hydroxylation is 1. The number of rotatable bonds is 3. The van der Waals surface area contributed by atoms with Crippen molar-refractivity contribution in [1.29, 1.82) is 0 Å². The minimum Gasteiger partial charge on any atom is -0.495 e. The summed E-state index contributed by atoms with van der Waals surface area (Å²) in [6.07, 6.45) is 0.928. The molecule has 0 spiro atoms. The molecule has 3 nitrogen and oxygen atoms in total. The third-order valence-electron chi connectivity index (χ3n) is 1.77. The third-order valence-corrected chi connectivity index (χ3v) is 1.77. The number of hydrogen-bond donors (Lipinski definition) is 1. The molecule has 0 bridgehead atoms. The number of nitrogens with two attached hydrogens (primary N) is 1. The summed E-state index contributed by atoms with van der Waals surface area (Å²) in [4.78, 5) is 4.33. The lowest BCUT2D eigenvalue weighted by atomic mass is 10.2. The summed E-state index contributed by atoms with van der Waals surface area (Å²) in [6, 6.07) is 3.87. The fraction of sp³-hybridized carbons (Fsp3) is 0.444.